The lowest BCUT2D eigenvalue weighted by Gasteiger charge is -2.12. The predicted octanol–water partition coefficient (Wildman–Crippen LogP) is 2.05. The van der Waals surface area contributed by atoms with Crippen molar-refractivity contribution in [3.8, 4) is 5.75 Å². The van der Waals surface area contributed by atoms with Crippen LogP contribution in [0.15, 0.2) is 54.6 Å². The molecule has 1 fully saturated rings. The summed E-state index contributed by atoms with van der Waals surface area (Å²) in [5.41, 5.74) is 1.51. The van der Waals surface area contributed by atoms with Crippen LogP contribution in [-0.2, 0) is 14.0 Å². The molecule has 0 bridgehead atoms. The summed E-state index contributed by atoms with van der Waals surface area (Å²) in [4.78, 5) is 11.6. The first-order valence-electron chi connectivity index (χ1n) is 7.98. The smallest absolute Gasteiger partial charge is 0.491 e. The molecule has 2 aromatic rings. The highest BCUT2D eigenvalue weighted by atomic mass is 16.7. The first-order chi connectivity index (χ1) is 11.8. The molecular weight excluding hydrogens is 307 g/mol. The number of ether oxygens (including phenoxy) is 2. The number of benzene rings is 2. The summed E-state index contributed by atoms with van der Waals surface area (Å²) in [6.07, 6.45) is -0.125. The Labute approximate surface area is 141 Å². The van der Waals surface area contributed by atoms with Crippen LogP contribution in [0.3, 0.4) is 0 Å². The summed E-state index contributed by atoms with van der Waals surface area (Å²) < 4.78 is 22.2. The number of hydrogen-bond acceptors (Lipinski definition) is 5. The van der Waals surface area contributed by atoms with E-state index in [-0.39, 0.29) is 19.2 Å². The van der Waals surface area contributed by atoms with Gasteiger partial charge in [0.15, 0.2) is 0 Å². The van der Waals surface area contributed by atoms with E-state index >= 15 is 0 Å². The molecule has 0 radical (unpaired) electrons. The molecule has 6 heteroatoms. The molecule has 0 saturated carbocycles. The molecule has 124 valence electrons. The van der Waals surface area contributed by atoms with Gasteiger partial charge in [0.2, 0.25) is 0 Å². The van der Waals surface area contributed by atoms with E-state index in [0.717, 1.165) is 5.46 Å². The molecule has 1 aliphatic heterocycles. The van der Waals surface area contributed by atoms with Crippen molar-refractivity contribution in [3.05, 3.63) is 60.2 Å². The van der Waals surface area contributed by atoms with Crippen molar-refractivity contribution in [2.75, 3.05) is 19.8 Å². The number of rotatable bonds is 6. The monoisotopic (exact) mass is 326 g/mol. The van der Waals surface area contributed by atoms with Gasteiger partial charge >= 0.3 is 13.1 Å². The van der Waals surface area contributed by atoms with Crippen molar-refractivity contribution in [2.24, 2.45) is 0 Å². The van der Waals surface area contributed by atoms with Crippen LogP contribution in [0.2, 0.25) is 0 Å². The maximum absolute atomic E-state index is 11.6. The van der Waals surface area contributed by atoms with Crippen LogP contribution in [0.4, 0.5) is 0 Å². The summed E-state index contributed by atoms with van der Waals surface area (Å²) in [6.45, 7) is 3.02. The molecule has 1 saturated heterocycles. The molecule has 1 atom stereocenters. The lowest BCUT2D eigenvalue weighted by molar-refractivity contribution is 0.0526. The van der Waals surface area contributed by atoms with Crippen LogP contribution in [0, 0.1) is 0 Å². The van der Waals surface area contributed by atoms with Gasteiger partial charge in [0.25, 0.3) is 0 Å². The van der Waals surface area contributed by atoms with E-state index in [1.54, 1.807) is 31.2 Å². The van der Waals surface area contributed by atoms with Crippen molar-refractivity contribution in [3.63, 3.8) is 0 Å². The molecule has 0 N–H and O–H groups in total. The number of carbonyl (C=O) groups excluding carboxylic acids is 1. The summed E-state index contributed by atoms with van der Waals surface area (Å²) in [7, 11) is -0.342. The third-order valence-electron chi connectivity index (χ3n) is 3.62. The molecule has 1 heterocycles. The van der Waals surface area contributed by atoms with Crippen molar-refractivity contribution in [2.45, 2.75) is 13.0 Å². The topological polar surface area (TPSA) is 54.0 Å². The SMILES string of the molecule is CCOC(=O)c1ccc(OCC2COB(c3ccccc3)O2)cc1. The van der Waals surface area contributed by atoms with Gasteiger partial charge in [-0.05, 0) is 36.7 Å². The second-order valence-corrected chi connectivity index (χ2v) is 5.39. The molecule has 0 aromatic heterocycles. The second-order valence-electron chi connectivity index (χ2n) is 5.39. The zero-order valence-electron chi connectivity index (χ0n) is 13.5. The molecule has 3 rings (SSSR count). The van der Waals surface area contributed by atoms with E-state index in [4.69, 9.17) is 18.8 Å². The van der Waals surface area contributed by atoms with Crippen molar-refractivity contribution >= 4 is 18.6 Å². The van der Waals surface area contributed by atoms with E-state index in [1.165, 1.54) is 0 Å². The van der Waals surface area contributed by atoms with Crippen LogP contribution in [-0.4, -0.2) is 39.0 Å². The minimum Gasteiger partial charge on any atom is -0.491 e. The first-order valence-corrected chi connectivity index (χ1v) is 7.98. The van der Waals surface area contributed by atoms with Gasteiger partial charge in [-0.25, -0.2) is 4.79 Å². The van der Waals surface area contributed by atoms with Gasteiger partial charge in [0.05, 0.1) is 24.9 Å². The highest BCUT2D eigenvalue weighted by Gasteiger charge is 2.33. The molecular formula is C18H19BO5. The average molecular weight is 326 g/mol. The third kappa shape index (κ3) is 4.16. The molecule has 5 nitrogen and oxygen atoms in total. The maximum atomic E-state index is 11.6. The highest BCUT2D eigenvalue weighted by molar-refractivity contribution is 6.61. The fraction of sp³-hybridized carbons (Fsp3) is 0.278. The Hall–Kier alpha value is -2.31. The summed E-state index contributed by atoms with van der Waals surface area (Å²) in [6, 6.07) is 16.7. The molecule has 0 spiro atoms. The number of hydrogen-bond donors (Lipinski definition) is 0. The zero-order valence-corrected chi connectivity index (χ0v) is 13.5. The zero-order chi connectivity index (χ0) is 16.8. The van der Waals surface area contributed by atoms with Crippen LogP contribution in [0.25, 0.3) is 0 Å². The molecule has 0 aliphatic carbocycles. The van der Waals surface area contributed by atoms with Gasteiger partial charge in [-0.3, -0.25) is 0 Å². The number of esters is 1. The van der Waals surface area contributed by atoms with Crippen LogP contribution >= 0.6 is 0 Å². The quantitative estimate of drug-likeness (QED) is 0.601. The summed E-state index contributed by atoms with van der Waals surface area (Å²) in [5.74, 6) is 0.345. The minimum atomic E-state index is -0.342. The molecule has 1 unspecified atom stereocenters. The molecule has 1 aliphatic rings. The Morgan fingerprint density at radius 1 is 1.17 bits per heavy atom. The predicted molar refractivity (Wildman–Crippen MR) is 90.5 cm³/mol. The van der Waals surface area contributed by atoms with E-state index < -0.39 is 0 Å². The van der Waals surface area contributed by atoms with Crippen molar-refractivity contribution < 1.29 is 23.6 Å². The Morgan fingerprint density at radius 3 is 2.62 bits per heavy atom. The fourth-order valence-electron chi connectivity index (χ4n) is 2.41. The molecule has 24 heavy (non-hydrogen) atoms. The summed E-state index contributed by atoms with van der Waals surface area (Å²) >= 11 is 0. The van der Waals surface area contributed by atoms with E-state index in [2.05, 4.69) is 0 Å². The molecule has 2 aromatic carbocycles. The normalized spacial score (nSPS) is 16.9. The van der Waals surface area contributed by atoms with E-state index in [9.17, 15) is 4.79 Å². The van der Waals surface area contributed by atoms with Crippen LogP contribution in [0.1, 0.15) is 17.3 Å². The van der Waals surface area contributed by atoms with Gasteiger partial charge in [-0.1, -0.05) is 30.3 Å². The van der Waals surface area contributed by atoms with Crippen LogP contribution in [0.5, 0.6) is 5.75 Å². The Morgan fingerprint density at radius 2 is 1.92 bits per heavy atom. The van der Waals surface area contributed by atoms with Gasteiger partial charge < -0.3 is 18.8 Å². The average Bonchev–Trinajstić information content (AvgIpc) is 3.10. The second kappa shape index (κ2) is 7.99. The summed E-state index contributed by atoms with van der Waals surface area (Å²) in [5, 5.41) is 0. The Kier molecular flexibility index (Phi) is 5.51. The first kappa shape index (κ1) is 16.5. The third-order valence-corrected chi connectivity index (χ3v) is 3.62. The van der Waals surface area contributed by atoms with Gasteiger partial charge in [-0.2, -0.15) is 0 Å². The van der Waals surface area contributed by atoms with E-state index in [0.29, 0.717) is 31.1 Å². The maximum Gasteiger partial charge on any atom is 0.494 e. The van der Waals surface area contributed by atoms with E-state index in [1.807, 2.05) is 30.3 Å². The van der Waals surface area contributed by atoms with Gasteiger partial charge in [0, 0.05) is 0 Å². The van der Waals surface area contributed by atoms with Crippen molar-refractivity contribution in [1.29, 1.82) is 0 Å². The standard InChI is InChI=1S/C18H19BO5/c1-2-21-18(20)14-8-10-16(11-9-14)22-12-17-13-23-19(24-17)15-6-4-3-5-7-15/h3-11,17H,2,12-13H2,1H3. The lowest BCUT2D eigenvalue weighted by atomic mass is 9.79. The fourth-order valence-corrected chi connectivity index (χ4v) is 2.41. The lowest BCUT2D eigenvalue weighted by Crippen LogP contribution is -2.33. The largest absolute Gasteiger partial charge is 0.494 e. The molecule has 0 amide bonds. The van der Waals surface area contributed by atoms with Crippen molar-refractivity contribution in [1.82, 2.24) is 0 Å². The van der Waals surface area contributed by atoms with Gasteiger partial charge in [-0.15, -0.1) is 0 Å². The van der Waals surface area contributed by atoms with Gasteiger partial charge in [0.1, 0.15) is 12.4 Å². The van der Waals surface area contributed by atoms with Crippen LogP contribution < -0.4 is 10.2 Å². The number of carbonyl (C=O) groups is 1. The Balaban J connectivity index is 1.49. The minimum absolute atomic E-state index is 0.125. The highest BCUT2D eigenvalue weighted by Crippen LogP contribution is 2.15. The Bertz CT molecular complexity index is 659.